The average Bonchev–Trinajstić information content (AvgIpc) is 2.24. The predicted octanol–water partition coefficient (Wildman–Crippen LogP) is 1.39. The van der Waals surface area contributed by atoms with Crippen LogP contribution in [0.1, 0.15) is 0 Å². The van der Waals surface area contributed by atoms with E-state index in [1.807, 2.05) is 0 Å². The molecule has 5 nitrogen and oxygen atoms in total. The summed E-state index contributed by atoms with van der Waals surface area (Å²) in [5, 5.41) is 17.6. The molecule has 1 unspecified atom stereocenters. The van der Waals surface area contributed by atoms with Crippen molar-refractivity contribution >= 4 is 49.2 Å². The van der Waals surface area contributed by atoms with Crippen molar-refractivity contribution in [3.05, 3.63) is 26.7 Å². The van der Waals surface area contributed by atoms with Gasteiger partial charge in [-0.05, 0) is 12.1 Å². The fourth-order valence-electron chi connectivity index (χ4n) is 1.13. The maximum absolute atomic E-state index is 11.9. The molecule has 0 spiro atoms. The highest BCUT2D eigenvalue weighted by atomic mass is 79.9. The Balaban J connectivity index is 3.06. The summed E-state index contributed by atoms with van der Waals surface area (Å²) in [6.45, 7) is -0.883. The number of benzene rings is 1. The number of aliphatic hydroxyl groups excluding tert-OH is 2. The quantitative estimate of drug-likeness (QED) is 0.722. The normalized spacial score (nSPS) is 13.6. The first-order valence-electron chi connectivity index (χ1n) is 4.71. The Labute approximate surface area is 123 Å². The minimum atomic E-state index is -3.95. The first-order valence-corrected chi connectivity index (χ1v) is 7.74. The van der Waals surface area contributed by atoms with Gasteiger partial charge in [0.15, 0.2) is 0 Å². The van der Waals surface area contributed by atoms with Crippen molar-refractivity contribution in [2.75, 3.05) is 13.2 Å². The van der Waals surface area contributed by atoms with Gasteiger partial charge in [-0.15, -0.1) is 0 Å². The fraction of sp³-hybridized carbons (Fsp3) is 0.333. The molecule has 1 rings (SSSR count). The van der Waals surface area contributed by atoms with Crippen LogP contribution in [0.25, 0.3) is 0 Å². The average molecular weight is 379 g/mol. The van der Waals surface area contributed by atoms with Crippen LogP contribution < -0.4 is 4.72 Å². The number of halogens is 3. The molecule has 0 amide bonds. The fourth-order valence-corrected chi connectivity index (χ4v) is 4.13. The van der Waals surface area contributed by atoms with Gasteiger partial charge in [-0.1, -0.05) is 39.1 Å². The Bertz CT molecular complexity index is 514. The molecule has 18 heavy (non-hydrogen) atoms. The van der Waals surface area contributed by atoms with Crippen LogP contribution in [0.2, 0.25) is 10.0 Å². The first kappa shape index (κ1) is 16.2. The minimum absolute atomic E-state index is 0.0413. The van der Waals surface area contributed by atoms with Crippen LogP contribution in [0.15, 0.2) is 21.5 Å². The summed E-state index contributed by atoms with van der Waals surface area (Å²) in [6, 6.07) is 2.79. The van der Waals surface area contributed by atoms with E-state index in [0.29, 0.717) is 4.47 Å². The minimum Gasteiger partial charge on any atom is -0.394 e. The van der Waals surface area contributed by atoms with Crippen LogP contribution in [0, 0.1) is 0 Å². The number of hydrogen-bond acceptors (Lipinski definition) is 4. The highest BCUT2D eigenvalue weighted by Crippen LogP contribution is 2.32. The third-order valence-electron chi connectivity index (χ3n) is 1.95. The largest absolute Gasteiger partial charge is 0.394 e. The van der Waals surface area contributed by atoms with Gasteiger partial charge in [0.2, 0.25) is 10.0 Å². The lowest BCUT2D eigenvalue weighted by Gasteiger charge is -2.12. The van der Waals surface area contributed by atoms with Crippen molar-refractivity contribution in [1.82, 2.24) is 4.72 Å². The molecule has 0 heterocycles. The van der Waals surface area contributed by atoms with Crippen molar-refractivity contribution in [3.63, 3.8) is 0 Å². The van der Waals surface area contributed by atoms with Gasteiger partial charge in [0.1, 0.15) is 4.90 Å². The molecule has 0 aliphatic rings. The molecule has 0 aromatic heterocycles. The molecule has 0 bridgehead atoms. The lowest BCUT2D eigenvalue weighted by Crippen LogP contribution is -2.34. The van der Waals surface area contributed by atoms with Gasteiger partial charge in [0.25, 0.3) is 0 Å². The highest BCUT2D eigenvalue weighted by molar-refractivity contribution is 9.10. The van der Waals surface area contributed by atoms with E-state index in [-0.39, 0.29) is 21.5 Å². The van der Waals surface area contributed by atoms with E-state index in [1.54, 1.807) is 0 Å². The van der Waals surface area contributed by atoms with Gasteiger partial charge in [-0.3, -0.25) is 0 Å². The topological polar surface area (TPSA) is 86.6 Å². The van der Waals surface area contributed by atoms with Crippen LogP contribution >= 0.6 is 39.1 Å². The Morgan fingerprint density at radius 1 is 1.33 bits per heavy atom. The van der Waals surface area contributed by atoms with Gasteiger partial charge >= 0.3 is 0 Å². The standard InChI is InChI=1S/C9H10BrCl2NO4S/c10-5-1-7(11)9(8(12)2-5)18(16,17)13-3-6(15)4-14/h1-2,6,13-15H,3-4H2. The highest BCUT2D eigenvalue weighted by Gasteiger charge is 2.22. The van der Waals surface area contributed by atoms with Crippen molar-refractivity contribution in [1.29, 1.82) is 0 Å². The third kappa shape index (κ3) is 4.06. The van der Waals surface area contributed by atoms with E-state index < -0.39 is 22.7 Å². The Morgan fingerprint density at radius 3 is 2.28 bits per heavy atom. The van der Waals surface area contributed by atoms with Crippen LogP contribution in [0.5, 0.6) is 0 Å². The second-order valence-corrected chi connectivity index (χ2v) is 6.82. The number of rotatable bonds is 5. The van der Waals surface area contributed by atoms with Gasteiger partial charge in [0, 0.05) is 11.0 Å². The van der Waals surface area contributed by atoms with Gasteiger partial charge in [-0.25, -0.2) is 13.1 Å². The number of hydrogen-bond donors (Lipinski definition) is 3. The summed E-state index contributed by atoms with van der Waals surface area (Å²) >= 11 is 14.8. The molecular formula is C9H10BrCl2NO4S. The maximum atomic E-state index is 11.9. The zero-order valence-corrected chi connectivity index (χ0v) is 12.8. The van der Waals surface area contributed by atoms with E-state index in [1.165, 1.54) is 12.1 Å². The van der Waals surface area contributed by atoms with Crippen LogP contribution in [0.4, 0.5) is 0 Å². The van der Waals surface area contributed by atoms with Gasteiger partial charge < -0.3 is 10.2 Å². The SMILES string of the molecule is O=S(=O)(NCC(O)CO)c1c(Cl)cc(Br)cc1Cl. The molecule has 1 aromatic rings. The van der Waals surface area contributed by atoms with E-state index in [9.17, 15) is 8.42 Å². The second kappa shape index (κ2) is 6.51. The third-order valence-corrected chi connectivity index (χ3v) is 4.75. The summed E-state index contributed by atoms with van der Waals surface area (Å²) in [5.74, 6) is 0. The zero-order chi connectivity index (χ0) is 13.9. The summed E-state index contributed by atoms with van der Waals surface area (Å²) in [7, 11) is -3.95. The van der Waals surface area contributed by atoms with Crippen molar-refractivity contribution in [3.8, 4) is 0 Å². The van der Waals surface area contributed by atoms with Crippen molar-refractivity contribution in [2.45, 2.75) is 11.0 Å². The van der Waals surface area contributed by atoms with Crippen LogP contribution in [-0.2, 0) is 10.0 Å². The first-order chi connectivity index (χ1) is 8.27. The van der Waals surface area contributed by atoms with Crippen molar-refractivity contribution < 1.29 is 18.6 Å². The lowest BCUT2D eigenvalue weighted by atomic mass is 10.4. The summed E-state index contributed by atoms with van der Waals surface area (Å²) in [4.78, 5) is -0.265. The molecular weight excluding hydrogens is 369 g/mol. The number of sulfonamides is 1. The monoisotopic (exact) mass is 377 g/mol. The Morgan fingerprint density at radius 2 is 1.83 bits per heavy atom. The van der Waals surface area contributed by atoms with Gasteiger partial charge in [-0.2, -0.15) is 0 Å². The molecule has 3 N–H and O–H groups in total. The number of aliphatic hydroxyl groups is 2. The molecule has 1 aromatic carbocycles. The van der Waals surface area contributed by atoms with E-state index in [0.717, 1.165) is 0 Å². The molecule has 0 saturated carbocycles. The van der Waals surface area contributed by atoms with Crippen LogP contribution in [0.3, 0.4) is 0 Å². The zero-order valence-electron chi connectivity index (χ0n) is 8.90. The second-order valence-electron chi connectivity index (χ2n) is 3.39. The number of nitrogens with one attached hydrogen (secondary N) is 1. The molecule has 0 radical (unpaired) electrons. The predicted molar refractivity (Wildman–Crippen MR) is 72.4 cm³/mol. The van der Waals surface area contributed by atoms with Crippen LogP contribution in [-0.4, -0.2) is 37.9 Å². The molecule has 0 saturated heterocycles. The summed E-state index contributed by atoms with van der Waals surface area (Å²) < 4.78 is 26.5. The van der Waals surface area contributed by atoms with E-state index >= 15 is 0 Å². The molecule has 0 aliphatic heterocycles. The molecule has 9 heteroatoms. The molecule has 0 aliphatic carbocycles. The molecule has 0 fully saturated rings. The van der Waals surface area contributed by atoms with E-state index in [2.05, 4.69) is 20.7 Å². The summed E-state index contributed by atoms with van der Waals surface area (Å²) in [5.41, 5.74) is 0. The summed E-state index contributed by atoms with van der Waals surface area (Å²) in [6.07, 6.45) is -1.19. The lowest BCUT2D eigenvalue weighted by molar-refractivity contribution is 0.0988. The molecule has 102 valence electrons. The van der Waals surface area contributed by atoms with Crippen molar-refractivity contribution in [2.24, 2.45) is 0 Å². The maximum Gasteiger partial charge on any atom is 0.243 e. The van der Waals surface area contributed by atoms with E-state index in [4.69, 9.17) is 33.4 Å². The van der Waals surface area contributed by atoms with Gasteiger partial charge in [0.05, 0.1) is 22.8 Å². The molecule has 1 atom stereocenters. The Kier molecular flexibility index (Phi) is 5.85. The smallest absolute Gasteiger partial charge is 0.243 e. The Hall–Kier alpha value is 0.110.